The molecular formula is C12H19NO3. The molecule has 16 heavy (non-hydrogen) atoms. The Bertz CT molecular complexity index is 291. The van der Waals surface area contributed by atoms with Crippen molar-refractivity contribution in [1.29, 1.82) is 0 Å². The number of ether oxygens (including phenoxy) is 1. The van der Waals surface area contributed by atoms with Crippen molar-refractivity contribution in [3.05, 3.63) is 12.2 Å². The van der Waals surface area contributed by atoms with Crippen LogP contribution in [0.15, 0.2) is 12.2 Å². The minimum Gasteiger partial charge on any atom is -0.469 e. The number of nitrogens with zero attached hydrogens (tertiary/aromatic N) is 1. The predicted octanol–water partition coefficient (Wildman–Crippen LogP) is 1.22. The molecule has 90 valence electrons. The molecule has 0 aromatic heterocycles. The number of hydrogen-bond donors (Lipinski definition) is 0. The van der Waals surface area contributed by atoms with E-state index in [-0.39, 0.29) is 23.7 Å². The van der Waals surface area contributed by atoms with Gasteiger partial charge in [-0.25, -0.2) is 0 Å². The molecule has 0 saturated carbocycles. The van der Waals surface area contributed by atoms with Gasteiger partial charge in [-0.05, 0) is 12.8 Å². The van der Waals surface area contributed by atoms with Crippen LogP contribution in [0.2, 0.25) is 0 Å². The number of hydrogen-bond acceptors (Lipinski definition) is 3. The smallest absolute Gasteiger partial charge is 0.310 e. The summed E-state index contributed by atoms with van der Waals surface area (Å²) < 4.78 is 4.63. The number of rotatable bonds is 4. The average Bonchev–Trinajstić information content (AvgIpc) is 2.79. The Kier molecular flexibility index (Phi) is 4.52. The fourth-order valence-electron chi connectivity index (χ4n) is 1.91. The van der Waals surface area contributed by atoms with E-state index in [4.69, 9.17) is 0 Å². The van der Waals surface area contributed by atoms with Crippen LogP contribution in [0.1, 0.15) is 19.8 Å². The normalized spacial score (nSPS) is 17.2. The van der Waals surface area contributed by atoms with Gasteiger partial charge in [0, 0.05) is 19.5 Å². The summed E-state index contributed by atoms with van der Waals surface area (Å²) in [4.78, 5) is 24.8. The molecule has 1 aliphatic carbocycles. The molecule has 0 bridgehead atoms. The van der Waals surface area contributed by atoms with Crippen LogP contribution in [0.25, 0.3) is 0 Å². The van der Waals surface area contributed by atoms with E-state index in [1.54, 1.807) is 18.9 Å². The maximum atomic E-state index is 11.9. The van der Waals surface area contributed by atoms with Gasteiger partial charge in [-0.2, -0.15) is 0 Å². The van der Waals surface area contributed by atoms with Gasteiger partial charge >= 0.3 is 5.97 Å². The Balaban J connectivity index is 2.42. The van der Waals surface area contributed by atoms with E-state index in [0.717, 1.165) is 12.8 Å². The summed E-state index contributed by atoms with van der Waals surface area (Å²) in [6.07, 6.45) is 5.69. The predicted molar refractivity (Wildman–Crippen MR) is 60.7 cm³/mol. The topological polar surface area (TPSA) is 46.6 Å². The van der Waals surface area contributed by atoms with Crippen molar-refractivity contribution in [3.8, 4) is 0 Å². The lowest BCUT2D eigenvalue weighted by Gasteiger charge is -2.23. The molecule has 0 fully saturated rings. The number of esters is 1. The zero-order valence-corrected chi connectivity index (χ0v) is 10.1. The lowest BCUT2D eigenvalue weighted by atomic mass is 10.1. The van der Waals surface area contributed by atoms with Gasteiger partial charge in [-0.15, -0.1) is 0 Å². The first-order valence-corrected chi connectivity index (χ1v) is 5.54. The third-order valence-electron chi connectivity index (χ3n) is 2.88. The summed E-state index contributed by atoms with van der Waals surface area (Å²) in [5.74, 6) is -0.367. The van der Waals surface area contributed by atoms with Crippen molar-refractivity contribution in [2.45, 2.75) is 19.8 Å². The minimum absolute atomic E-state index is 0.0647. The molecule has 4 nitrogen and oxygen atoms in total. The molecule has 0 N–H and O–H groups in total. The molecule has 0 heterocycles. The van der Waals surface area contributed by atoms with E-state index in [2.05, 4.69) is 4.74 Å². The van der Waals surface area contributed by atoms with Crippen molar-refractivity contribution < 1.29 is 14.3 Å². The van der Waals surface area contributed by atoms with E-state index in [1.807, 2.05) is 12.2 Å². The number of amides is 1. The molecule has 1 aliphatic rings. The van der Waals surface area contributed by atoms with Crippen LogP contribution in [-0.4, -0.2) is 37.5 Å². The Morgan fingerprint density at radius 3 is 2.50 bits per heavy atom. The SMILES string of the molecule is COC(=O)C(C)CN(C)C(=O)C1CC=CC1. The molecule has 1 unspecified atom stereocenters. The van der Waals surface area contributed by atoms with Gasteiger partial charge < -0.3 is 9.64 Å². The van der Waals surface area contributed by atoms with Gasteiger partial charge in [-0.1, -0.05) is 19.1 Å². The minimum atomic E-state index is -0.274. The maximum absolute atomic E-state index is 11.9. The maximum Gasteiger partial charge on any atom is 0.310 e. The summed E-state index contributed by atoms with van der Waals surface area (Å²) in [5, 5.41) is 0. The lowest BCUT2D eigenvalue weighted by Crippen LogP contribution is -2.37. The molecule has 0 spiro atoms. The third-order valence-corrected chi connectivity index (χ3v) is 2.88. The van der Waals surface area contributed by atoms with Crippen molar-refractivity contribution in [2.24, 2.45) is 11.8 Å². The van der Waals surface area contributed by atoms with Gasteiger partial charge in [0.25, 0.3) is 0 Å². The van der Waals surface area contributed by atoms with Crippen LogP contribution in [0.5, 0.6) is 0 Å². The van der Waals surface area contributed by atoms with Gasteiger partial charge in [0.05, 0.1) is 13.0 Å². The molecule has 1 amide bonds. The molecule has 0 saturated heterocycles. The second-order valence-corrected chi connectivity index (χ2v) is 4.28. The highest BCUT2D eigenvalue weighted by molar-refractivity contribution is 5.80. The average molecular weight is 225 g/mol. The highest BCUT2D eigenvalue weighted by atomic mass is 16.5. The highest BCUT2D eigenvalue weighted by Crippen LogP contribution is 2.20. The number of methoxy groups -OCH3 is 1. The zero-order chi connectivity index (χ0) is 12.1. The second-order valence-electron chi connectivity index (χ2n) is 4.28. The van der Waals surface area contributed by atoms with E-state index < -0.39 is 0 Å². The standard InChI is InChI=1S/C12H19NO3/c1-9(12(15)16-3)8-13(2)11(14)10-6-4-5-7-10/h4-5,9-10H,6-8H2,1-3H3. The van der Waals surface area contributed by atoms with Crippen LogP contribution < -0.4 is 0 Å². The highest BCUT2D eigenvalue weighted by Gasteiger charge is 2.25. The summed E-state index contributed by atoms with van der Waals surface area (Å²) in [6, 6.07) is 0. The molecule has 0 aromatic rings. The zero-order valence-electron chi connectivity index (χ0n) is 10.1. The molecule has 0 aromatic carbocycles. The molecular weight excluding hydrogens is 206 g/mol. The van der Waals surface area contributed by atoms with Gasteiger partial charge in [0.15, 0.2) is 0 Å². The molecule has 0 radical (unpaired) electrons. The number of carbonyl (C=O) groups is 2. The van der Waals surface area contributed by atoms with E-state index >= 15 is 0 Å². The van der Waals surface area contributed by atoms with Crippen molar-refractivity contribution in [1.82, 2.24) is 4.90 Å². The first kappa shape index (κ1) is 12.7. The van der Waals surface area contributed by atoms with Crippen LogP contribution in [0.3, 0.4) is 0 Å². The Morgan fingerprint density at radius 1 is 1.44 bits per heavy atom. The van der Waals surface area contributed by atoms with E-state index in [0.29, 0.717) is 6.54 Å². The van der Waals surface area contributed by atoms with Gasteiger partial charge in [0.2, 0.25) is 5.91 Å². The van der Waals surface area contributed by atoms with Crippen molar-refractivity contribution in [2.75, 3.05) is 20.7 Å². The third kappa shape index (κ3) is 3.08. The van der Waals surface area contributed by atoms with Gasteiger partial charge in [0.1, 0.15) is 0 Å². The number of allylic oxidation sites excluding steroid dienone is 2. The molecule has 1 atom stereocenters. The first-order chi connectivity index (χ1) is 7.56. The molecule has 1 rings (SSSR count). The Labute approximate surface area is 96.3 Å². The lowest BCUT2D eigenvalue weighted by molar-refractivity contribution is -0.146. The molecule has 0 aliphatic heterocycles. The van der Waals surface area contributed by atoms with Crippen molar-refractivity contribution in [3.63, 3.8) is 0 Å². The summed E-state index contributed by atoms with van der Waals surface area (Å²) in [5.41, 5.74) is 0. The first-order valence-electron chi connectivity index (χ1n) is 5.54. The van der Waals surface area contributed by atoms with Crippen LogP contribution in [-0.2, 0) is 14.3 Å². The second kappa shape index (κ2) is 5.68. The fourth-order valence-corrected chi connectivity index (χ4v) is 1.91. The largest absolute Gasteiger partial charge is 0.469 e. The van der Waals surface area contributed by atoms with Crippen LogP contribution in [0, 0.1) is 11.8 Å². The Morgan fingerprint density at radius 2 is 2.00 bits per heavy atom. The van der Waals surface area contributed by atoms with Gasteiger partial charge in [-0.3, -0.25) is 9.59 Å². The van der Waals surface area contributed by atoms with Crippen LogP contribution in [0.4, 0.5) is 0 Å². The fraction of sp³-hybridized carbons (Fsp3) is 0.667. The molecule has 4 heteroatoms. The van der Waals surface area contributed by atoms with E-state index in [9.17, 15) is 9.59 Å². The Hall–Kier alpha value is -1.32. The summed E-state index contributed by atoms with van der Waals surface area (Å²) >= 11 is 0. The number of carbonyl (C=O) groups excluding carboxylic acids is 2. The summed E-state index contributed by atoms with van der Waals surface area (Å²) in [7, 11) is 3.10. The summed E-state index contributed by atoms with van der Waals surface area (Å²) in [6.45, 7) is 2.19. The quantitative estimate of drug-likeness (QED) is 0.534. The van der Waals surface area contributed by atoms with Crippen molar-refractivity contribution >= 4 is 11.9 Å². The monoisotopic (exact) mass is 225 g/mol. The van der Waals surface area contributed by atoms with Crippen LogP contribution >= 0.6 is 0 Å². The van der Waals surface area contributed by atoms with E-state index in [1.165, 1.54) is 7.11 Å².